The van der Waals surface area contributed by atoms with Gasteiger partial charge in [0, 0.05) is 18.0 Å². The van der Waals surface area contributed by atoms with Gasteiger partial charge in [-0.25, -0.2) is 14.6 Å². The number of rotatable bonds is 6. The van der Waals surface area contributed by atoms with Crippen molar-refractivity contribution in [2.45, 2.75) is 12.7 Å². The highest BCUT2D eigenvalue weighted by atomic mass is 19.4. The summed E-state index contributed by atoms with van der Waals surface area (Å²) in [5.74, 6) is -3.00. The molecule has 0 spiro atoms. The number of H-pyrrole nitrogens is 1. The molecule has 0 aliphatic heterocycles. The summed E-state index contributed by atoms with van der Waals surface area (Å²) in [6.45, 7) is 0.484. The van der Waals surface area contributed by atoms with Crippen LogP contribution in [0, 0.1) is 0 Å². The van der Waals surface area contributed by atoms with Gasteiger partial charge in [0.05, 0.1) is 30.2 Å². The van der Waals surface area contributed by atoms with Gasteiger partial charge < -0.3 is 15.2 Å². The average Bonchev–Trinajstić information content (AvgIpc) is 3.60. The van der Waals surface area contributed by atoms with E-state index < -0.39 is 18.1 Å². The molecule has 0 aliphatic carbocycles. The molecule has 9 nitrogen and oxygen atoms in total. The Morgan fingerprint density at radius 1 is 0.872 bits per heavy atom. The summed E-state index contributed by atoms with van der Waals surface area (Å²) in [5.41, 5.74) is 5.79. The highest BCUT2D eigenvalue weighted by molar-refractivity contribution is 5.87. The van der Waals surface area contributed by atoms with Gasteiger partial charge in [-0.1, -0.05) is 42.5 Å². The van der Waals surface area contributed by atoms with Crippen molar-refractivity contribution in [3.05, 3.63) is 103 Å². The maximum absolute atomic E-state index is 11.2. The first-order chi connectivity index (χ1) is 18.6. The number of hydrogen-bond donors (Lipinski definition) is 3. The molecule has 0 fully saturated rings. The molecule has 0 aliphatic rings. The summed E-state index contributed by atoms with van der Waals surface area (Å²) in [6, 6.07) is 20.8. The standard InChI is InChI=1S/C25H19N5O2.C2HF3O2/c31-25(32)20-8-4-5-17(11-20)15-30-16-21(13-28-30)19-9-10-26-22(12-19)24-27-14-23(29-24)18-6-2-1-3-7-18;3-2(4,5)1(6)7/h1-14,16H,15H2,(H,27,29)(H,31,32);(H,6,7). The number of halogens is 3. The van der Waals surface area contributed by atoms with Crippen LogP contribution in [0.25, 0.3) is 33.9 Å². The van der Waals surface area contributed by atoms with E-state index in [-0.39, 0.29) is 5.56 Å². The van der Waals surface area contributed by atoms with E-state index in [1.165, 1.54) is 0 Å². The maximum atomic E-state index is 11.2. The SMILES string of the molecule is O=C(O)C(F)(F)F.O=C(O)c1cccc(Cn2cc(-c3ccnc(-c4ncc(-c5ccccc5)[nH]4)c3)cn2)c1. The Bertz CT molecular complexity index is 1600. The molecule has 0 unspecified atom stereocenters. The highest BCUT2D eigenvalue weighted by Crippen LogP contribution is 2.25. The van der Waals surface area contributed by atoms with Crippen molar-refractivity contribution in [1.29, 1.82) is 0 Å². The van der Waals surface area contributed by atoms with E-state index in [0.29, 0.717) is 12.4 Å². The van der Waals surface area contributed by atoms with Gasteiger partial charge in [-0.05, 0) is 41.0 Å². The molecular formula is C27H20F3N5O4. The Kier molecular flexibility index (Phi) is 7.85. The summed E-state index contributed by atoms with van der Waals surface area (Å²) in [5, 5.41) is 20.7. The molecule has 5 aromatic rings. The van der Waals surface area contributed by atoms with Crippen LogP contribution in [0.5, 0.6) is 0 Å². The number of carboxylic acid groups (broad SMARTS) is 2. The molecule has 3 heterocycles. The van der Waals surface area contributed by atoms with Crippen LogP contribution in [0.1, 0.15) is 15.9 Å². The monoisotopic (exact) mass is 535 g/mol. The van der Waals surface area contributed by atoms with Gasteiger partial charge in [-0.2, -0.15) is 18.3 Å². The molecule has 0 radical (unpaired) electrons. The molecule has 0 atom stereocenters. The second-order valence-electron chi connectivity index (χ2n) is 8.18. The molecular weight excluding hydrogens is 515 g/mol. The molecule has 0 saturated heterocycles. The third-order valence-corrected chi connectivity index (χ3v) is 5.39. The number of pyridine rings is 1. The van der Waals surface area contributed by atoms with Crippen LogP contribution in [0.3, 0.4) is 0 Å². The van der Waals surface area contributed by atoms with Gasteiger partial charge >= 0.3 is 18.1 Å². The number of alkyl halides is 3. The lowest BCUT2D eigenvalue weighted by Gasteiger charge is -2.03. The second-order valence-corrected chi connectivity index (χ2v) is 8.18. The highest BCUT2D eigenvalue weighted by Gasteiger charge is 2.38. The largest absolute Gasteiger partial charge is 0.490 e. The molecule has 5 rings (SSSR count). The fourth-order valence-electron chi connectivity index (χ4n) is 3.54. The first-order valence-electron chi connectivity index (χ1n) is 11.3. The lowest BCUT2D eigenvalue weighted by molar-refractivity contribution is -0.192. The Labute approximate surface area is 219 Å². The Balaban J connectivity index is 0.000000448. The molecule has 198 valence electrons. The van der Waals surface area contributed by atoms with Crippen LogP contribution in [0.4, 0.5) is 13.2 Å². The molecule has 3 N–H and O–H groups in total. The topological polar surface area (TPSA) is 134 Å². The molecule has 2 aromatic carbocycles. The van der Waals surface area contributed by atoms with Crippen molar-refractivity contribution < 1.29 is 33.0 Å². The van der Waals surface area contributed by atoms with E-state index in [2.05, 4.69) is 20.1 Å². The van der Waals surface area contributed by atoms with Gasteiger partial charge in [0.1, 0.15) is 5.69 Å². The van der Waals surface area contributed by atoms with Gasteiger partial charge in [0.2, 0.25) is 0 Å². The number of carboxylic acids is 2. The number of aliphatic carboxylic acids is 1. The van der Waals surface area contributed by atoms with E-state index in [0.717, 1.165) is 33.6 Å². The number of carbonyl (C=O) groups is 2. The van der Waals surface area contributed by atoms with E-state index in [1.54, 1.807) is 35.3 Å². The first kappa shape index (κ1) is 26.8. The van der Waals surface area contributed by atoms with Crippen molar-refractivity contribution >= 4 is 11.9 Å². The van der Waals surface area contributed by atoms with Crippen molar-refractivity contribution in [2.24, 2.45) is 0 Å². The van der Waals surface area contributed by atoms with Crippen LogP contribution >= 0.6 is 0 Å². The third kappa shape index (κ3) is 6.95. The smallest absolute Gasteiger partial charge is 0.478 e. The number of hydrogen-bond acceptors (Lipinski definition) is 5. The summed E-state index contributed by atoms with van der Waals surface area (Å²) in [4.78, 5) is 32.4. The number of aromatic carboxylic acids is 1. The minimum absolute atomic E-state index is 0.266. The van der Waals surface area contributed by atoms with E-state index in [4.69, 9.17) is 9.90 Å². The molecule has 0 saturated carbocycles. The van der Waals surface area contributed by atoms with Gasteiger partial charge in [-0.3, -0.25) is 9.67 Å². The van der Waals surface area contributed by atoms with Gasteiger partial charge in [0.25, 0.3) is 0 Å². The van der Waals surface area contributed by atoms with Crippen molar-refractivity contribution in [3.8, 4) is 33.9 Å². The number of nitrogens with one attached hydrogen (secondary N) is 1. The van der Waals surface area contributed by atoms with Gasteiger partial charge in [0.15, 0.2) is 5.82 Å². The zero-order chi connectivity index (χ0) is 28.0. The second kappa shape index (κ2) is 11.4. The quantitative estimate of drug-likeness (QED) is 0.266. The van der Waals surface area contributed by atoms with E-state index >= 15 is 0 Å². The fraction of sp³-hybridized carbons (Fsp3) is 0.0741. The number of aromatic nitrogens is 5. The number of imidazole rings is 1. The molecule has 0 amide bonds. The minimum atomic E-state index is -5.08. The first-order valence-corrected chi connectivity index (χ1v) is 11.3. The van der Waals surface area contributed by atoms with Crippen molar-refractivity contribution in [3.63, 3.8) is 0 Å². The predicted molar refractivity (Wildman–Crippen MR) is 135 cm³/mol. The zero-order valence-electron chi connectivity index (χ0n) is 20.0. The Morgan fingerprint density at radius 3 is 2.31 bits per heavy atom. The molecule has 0 bridgehead atoms. The lowest BCUT2D eigenvalue weighted by Crippen LogP contribution is -2.21. The molecule has 3 aromatic heterocycles. The van der Waals surface area contributed by atoms with Crippen LogP contribution in [-0.4, -0.2) is 53.1 Å². The van der Waals surface area contributed by atoms with Gasteiger partial charge in [-0.15, -0.1) is 0 Å². The predicted octanol–water partition coefficient (Wildman–Crippen LogP) is 5.38. The fourth-order valence-corrected chi connectivity index (χ4v) is 3.54. The van der Waals surface area contributed by atoms with E-state index in [9.17, 15) is 23.1 Å². The number of aromatic amines is 1. The summed E-state index contributed by atoms with van der Waals surface area (Å²) in [6.07, 6.45) is 2.20. The Hall–Kier alpha value is -5.26. The van der Waals surface area contributed by atoms with E-state index in [1.807, 2.05) is 60.9 Å². The van der Waals surface area contributed by atoms with Crippen LogP contribution in [0.15, 0.2) is 91.5 Å². The lowest BCUT2D eigenvalue weighted by atomic mass is 10.1. The van der Waals surface area contributed by atoms with Crippen molar-refractivity contribution in [1.82, 2.24) is 24.7 Å². The van der Waals surface area contributed by atoms with Crippen LogP contribution < -0.4 is 0 Å². The molecule has 39 heavy (non-hydrogen) atoms. The zero-order valence-corrected chi connectivity index (χ0v) is 20.0. The van der Waals surface area contributed by atoms with Crippen LogP contribution in [-0.2, 0) is 11.3 Å². The van der Waals surface area contributed by atoms with Crippen LogP contribution in [0.2, 0.25) is 0 Å². The minimum Gasteiger partial charge on any atom is -0.478 e. The number of nitrogens with zero attached hydrogens (tertiary/aromatic N) is 4. The average molecular weight is 535 g/mol. The maximum Gasteiger partial charge on any atom is 0.490 e. The summed E-state index contributed by atoms with van der Waals surface area (Å²) < 4.78 is 33.5. The third-order valence-electron chi connectivity index (χ3n) is 5.39. The summed E-state index contributed by atoms with van der Waals surface area (Å²) in [7, 11) is 0. The normalized spacial score (nSPS) is 10.9. The Morgan fingerprint density at radius 2 is 1.62 bits per heavy atom. The molecule has 12 heteroatoms. The number of benzene rings is 2. The summed E-state index contributed by atoms with van der Waals surface area (Å²) >= 11 is 0. The van der Waals surface area contributed by atoms with Crippen molar-refractivity contribution in [2.75, 3.05) is 0 Å².